The molecule has 0 unspecified atom stereocenters. The van der Waals surface area contributed by atoms with Crippen molar-refractivity contribution in [2.75, 3.05) is 24.3 Å². The molecule has 0 bridgehead atoms. The molecular formula is C14H18N4. The molecule has 18 heavy (non-hydrogen) atoms. The first kappa shape index (κ1) is 12.4. The van der Waals surface area contributed by atoms with Crippen molar-refractivity contribution >= 4 is 11.5 Å². The fourth-order valence-electron chi connectivity index (χ4n) is 1.70. The Morgan fingerprint density at radius 3 is 2.39 bits per heavy atom. The van der Waals surface area contributed by atoms with E-state index in [9.17, 15) is 0 Å². The Morgan fingerprint density at radius 1 is 1.11 bits per heavy atom. The highest BCUT2D eigenvalue weighted by Gasteiger charge is 2.03. The molecule has 1 aromatic heterocycles. The smallest absolute Gasteiger partial charge is 0.144 e. The minimum absolute atomic E-state index is 0.750. The molecule has 0 aliphatic heterocycles. The van der Waals surface area contributed by atoms with E-state index in [2.05, 4.69) is 58.4 Å². The van der Waals surface area contributed by atoms with Crippen LogP contribution in [-0.4, -0.2) is 24.1 Å². The SMILES string of the molecule is CNc1cnc(CN(C)c2ccc(C)cc2)cn1. The Hall–Kier alpha value is -2.10. The molecule has 0 radical (unpaired) electrons. The highest BCUT2D eigenvalue weighted by atomic mass is 15.1. The summed E-state index contributed by atoms with van der Waals surface area (Å²) >= 11 is 0. The monoisotopic (exact) mass is 242 g/mol. The van der Waals surface area contributed by atoms with Crippen LogP contribution in [0.1, 0.15) is 11.3 Å². The predicted molar refractivity (Wildman–Crippen MR) is 74.9 cm³/mol. The van der Waals surface area contributed by atoms with Crippen LogP contribution in [0.5, 0.6) is 0 Å². The molecule has 0 fully saturated rings. The summed E-state index contributed by atoms with van der Waals surface area (Å²) in [6.45, 7) is 2.84. The summed E-state index contributed by atoms with van der Waals surface area (Å²) in [4.78, 5) is 10.8. The molecule has 1 heterocycles. The fourth-order valence-corrected chi connectivity index (χ4v) is 1.70. The molecular weight excluding hydrogens is 224 g/mol. The van der Waals surface area contributed by atoms with Crippen LogP contribution >= 0.6 is 0 Å². The van der Waals surface area contributed by atoms with E-state index in [1.54, 1.807) is 12.4 Å². The highest BCUT2D eigenvalue weighted by molar-refractivity contribution is 5.46. The highest BCUT2D eigenvalue weighted by Crippen LogP contribution is 2.15. The van der Waals surface area contributed by atoms with Gasteiger partial charge in [-0.3, -0.25) is 4.98 Å². The summed E-state index contributed by atoms with van der Waals surface area (Å²) < 4.78 is 0. The summed E-state index contributed by atoms with van der Waals surface area (Å²) in [5, 5.41) is 2.96. The Morgan fingerprint density at radius 2 is 1.83 bits per heavy atom. The number of benzene rings is 1. The molecule has 0 atom stereocenters. The van der Waals surface area contributed by atoms with Gasteiger partial charge in [0.2, 0.25) is 0 Å². The molecule has 0 amide bonds. The van der Waals surface area contributed by atoms with Gasteiger partial charge in [0.05, 0.1) is 24.6 Å². The lowest BCUT2D eigenvalue weighted by atomic mass is 10.2. The van der Waals surface area contributed by atoms with E-state index < -0.39 is 0 Å². The van der Waals surface area contributed by atoms with Crippen molar-refractivity contribution in [1.29, 1.82) is 0 Å². The largest absolute Gasteiger partial charge is 0.372 e. The maximum Gasteiger partial charge on any atom is 0.144 e. The molecule has 2 aromatic rings. The van der Waals surface area contributed by atoms with E-state index in [1.165, 1.54) is 11.3 Å². The van der Waals surface area contributed by atoms with Crippen LogP contribution in [0, 0.1) is 6.92 Å². The van der Waals surface area contributed by atoms with Gasteiger partial charge in [-0.15, -0.1) is 0 Å². The maximum absolute atomic E-state index is 4.37. The first-order chi connectivity index (χ1) is 8.69. The molecule has 94 valence electrons. The molecule has 1 aromatic carbocycles. The lowest BCUT2D eigenvalue weighted by Crippen LogP contribution is -2.17. The van der Waals surface area contributed by atoms with Crippen molar-refractivity contribution in [3.63, 3.8) is 0 Å². The normalized spacial score (nSPS) is 10.2. The van der Waals surface area contributed by atoms with Gasteiger partial charge in [-0.1, -0.05) is 17.7 Å². The van der Waals surface area contributed by atoms with Gasteiger partial charge in [-0.2, -0.15) is 0 Å². The number of hydrogen-bond acceptors (Lipinski definition) is 4. The Labute approximate surface area is 108 Å². The molecule has 0 spiro atoms. The maximum atomic E-state index is 4.37. The van der Waals surface area contributed by atoms with Crippen molar-refractivity contribution in [3.05, 3.63) is 47.9 Å². The van der Waals surface area contributed by atoms with Crippen molar-refractivity contribution in [2.45, 2.75) is 13.5 Å². The van der Waals surface area contributed by atoms with Crippen LogP contribution in [0.15, 0.2) is 36.7 Å². The van der Waals surface area contributed by atoms with Gasteiger partial charge in [-0.05, 0) is 19.1 Å². The van der Waals surface area contributed by atoms with Gasteiger partial charge >= 0.3 is 0 Å². The summed E-state index contributed by atoms with van der Waals surface area (Å²) in [5.41, 5.74) is 3.41. The molecule has 0 saturated carbocycles. The Bertz CT molecular complexity index is 490. The third kappa shape index (κ3) is 2.97. The summed E-state index contributed by atoms with van der Waals surface area (Å²) in [6.07, 6.45) is 3.55. The first-order valence-corrected chi connectivity index (χ1v) is 5.95. The molecule has 2 rings (SSSR count). The number of aromatic nitrogens is 2. The van der Waals surface area contributed by atoms with Crippen molar-refractivity contribution in [3.8, 4) is 0 Å². The van der Waals surface area contributed by atoms with E-state index in [0.29, 0.717) is 0 Å². The zero-order valence-corrected chi connectivity index (χ0v) is 11.0. The predicted octanol–water partition coefficient (Wildman–Crippen LogP) is 2.46. The number of aryl methyl sites for hydroxylation is 1. The average Bonchev–Trinajstić information content (AvgIpc) is 2.40. The van der Waals surface area contributed by atoms with Gasteiger partial charge in [0.15, 0.2) is 0 Å². The van der Waals surface area contributed by atoms with Gasteiger partial charge in [-0.25, -0.2) is 4.98 Å². The molecule has 0 aliphatic rings. The minimum Gasteiger partial charge on any atom is -0.372 e. The number of nitrogens with zero attached hydrogens (tertiary/aromatic N) is 3. The molecule has 0 saturated heterocycles. The Balaban J connectivity index is 2.05. The van der Waals surface area contributed by atoms with Gasteiger partial charge in [0.25, 0.3) is 0 Å². The van der Waals surface area contributed by atoms with Gasteiger partial charge in [0, 0.05) is 19.8 Å². The van der Waals surface area contributed by atoms with E-state index in [1.807, 2.05) is 7.05 Å². The van der Waals surface area contributed by atoms with Crippen LogP contribution in [-0.2, 0) is 6.54 Å². The number of rotatable bonds is 4. The second kappa shape index (κ2) is 5.49. The van der Waals surface area contributed by atoms with Crippen LogP contribution in [0.2, 0.25) is 0 Å². The lowest BCUT2D eigenvalue weighted by molar-refractivity contribution is 0.874. The number of anilines is 2. The van der Waals surface area contributed by atoms with Crippen LogP contribution < -0.4 is 10.2 Å². The molecule has 4 nitrogen and oxygen atoms in total. The van der Waals surface area contributed by atoms with Crippen LogP contribution in [0.3, 0.4) is 0 Å². The van der Waals surface area contributed by atoms with Gasteiger partial charge < -0.3 is 10.2 Å². The quantitative estimate of drug-likeness (QED) is 0.894. The van der Waals surface area contributed by atoms with Crippen LogP contribution in [0.4, 0.5) is 11.5 Å². The molecule has 0 aliphatic carbocycles. The fraction of sp³-hybridized carbons (Fsp3) is 0.286. The number of nitrogens with one attached hydrogen (secondary N) is 1. The van der Waals surface area contributed by atoms with E-state index >= 15 is 0 Å². The summed E-state index contributed by atoms with van der Waals surface area (Å²) in [6, 6.07) is 8.46. The standard InChI is InChI=1S/C14H18N4/c1-11-4-6-13(7-5-11)18(3)10-12-8-17-14(15-2)9-16-12/h4-9H,10H2,1-3H3,(H,15,17). The minimum atomic E-state index is 0.750. The third-order valence-corrected chi connectivity index (χ3v) is 2.84. The zero-order valence-electron chi connectivity index (χ0n) is 11.0. The van der Waals surface area contributed by atoms with Crippen molar-refractivity contribution < 1.29 is 0 Å². The second-order valence-corrected chi connectivity index (χ2v) is 4.33. The summed E-state index contributed by atoms with van der Waals surface area (Å²) in [7, 11) is 3.89. The summed E-state index contributed by atoms with van der Waals surface area (Å²) in [5.74, 6) is 0.789. The molecule has 4 heteroatoms. The van der Waals surface area contributed by atoms with E-state index in [4.69, 9.17) is 0 Å². The van der Waals surface area contributed by atoms with Crippen molar-refractivity contribution in [2.24, 2.45) is 0 Å². The average molecular weight is 242 g/mol. The molecule has 1 N–H and O–H groups in total. The lowest BCUT2D eigenvalue weighted by Gasteiger charge is -2.18. The van der Waals surface area contributed by atoms with Crippen LogP contribution in [0.25, 0.3) is 0 Å². The second-order valence-electron chi connectivity index (χ2n) is 4.33. The van der Waals surface area contributed by atoms with Gasteiger partial charge in [0.1, 0.15) is 5.82 Å². The topological polar surface area (TPSA) is 41.1 Å². The number of hydrogen-bond donors (Lipinski definition) is 1. The first-order valence-electron chi connectivity index (χ1n) is 5.95. The Kier molecular flexibility index (Phi) is 3.77. The zero-order chi connectivity index (χ0) is 13.0. The third-order valence-electron chi connectivity index (χ3n) is 2.84. The van der Waals surface area contributed by atoms with Crippen molar-refractivity contribution in [1.82, 2.24) is 9.97 Å². The van der Waals surface area contributed by atoms with E-state index in [0.717, 1.165) is 18.1 Å². The van der Waals surface area contributed by atoms with E-state index in [-0.39, 0.29) is 0 Å².